The van der Waals surface area contributed by atoms with Crippen molar-refractivity contribution in [3.8, 4) is 5.88 Å². The second-order valence-electron chi connectivity index (χ2n) is 5.20. The van der Waals surface area contributed by atoms with Crippen LogP contribution >= 0.6 is 11.6 Å². The van der Waals surface area contributed by atoms with E-state index in [0.717, 1.165) is 29.8 Å². The van der Waals surface area contributed by atoms with Crippen LogP contribution in [0.2, 0.25) is 5.15 Å². The summed E-state index contributed by atoms with van der Waals surface area (Å²) in [7, 11) is 0. The fourth-order valence-electron chi connectivity index (χ4n) is 2.47. The number of pyridine rings is 1. The van der Waals surface area contributed by atoms with E-state index in [1.807, 2.05) is 24.3 Å². The van der Waals surface area contributed by atoms with Crippen molar-refractivity contribution < 1.29 is 4.74 Å². The van der Waals surface area contributed by atoms with Gasteiger partial charge >= 0.3 is 0 Å². The molecule has 6 heteroatoms. The van der Waals surface area contributed by atoms with Crippen molar-refractivity contribution in [2.45, 2.75) is 6.10 Å². The van der Waals surface area contributed by atoms with Crippen LogP contribution in [0.25, 0.3) is 10.9 Å². The number of benzene rings is 1. The third-order valence-corrected chi connectivity index (χ3v) is 3.85. The average molecular weight is 313 g/mol. The van der Waals surface area contributed by atoms with Gasteiger partial charge in [-0.25, -0.2) is 4.98 Å². The van der Waals surface area contributed by atoms with Crippen molar-refractivity contribution in [2.75, 3.05) is 18.0 Å². The second kappa shape index (κ2) is 5.42. The lowest BCUT2D eigenvalue weighted by atomic mass is 10.1. The van der Waals surface area contributed by atoms with Gasteiger partial charge in [0.25, 0.3) is 0 Å². The SMILES string of the molecule is Clc1ccc(OC2CN(c3ccc4ccccc4n3)C2)nn1. The molecule has 4 rings (SSSR count). The summed E-state index contributed by atoms with van der Waals surface area (Å²) in [5, 5.41) is 9.18. The maximum absolute atomic E-state index is 5.74. The van der Waals surface area contributed by atoms with Crippen LogP contribution in [0.1, 0.15) is 0 Å². The summed E-state index contributed by atoms with van der Waals surface area (Å²) in [4.78, 5) is 6.86. The van der Waals surface area contributed by atoms with Gasteiger partial charge in [0, 0.05) is 11.5 Å². The summed E-state index contributed by atoms with van der Waals surface area (Å²) in [6.45, 7) is 1.57. The first-order valence-electron chi connectivity index (χ1n) is 7.04. The largest absolute Gasteiger partial charge is 0.469 e. The number of halogens is 1. The van der Waals surface area contributed by atoms with Gasteiger partial charge in [-0.05, 0) is 24.3 Å². The zero-order chi connectivity index (χ0) is 14.9. The number of fused-ring (bicyclic) bond motifs is 1. The molecular formula is C16H13ClN4O. The summed E-state index contributed by atoms with van der Waals surface area (Å²) in [5.41, 5.74) is 1.01. The molecule has 2 aromatic heterocycles. The van der Waals surface area contributed by atoms with Crippen molar-refractivity contribution in [3.05, 3.63) is 53.7 Å². The fraction of sp³-hybridized carbons (Fsp3) is 0.188. The highest BCUT2D eigenvalue weighted by atomic mass is 35.5. The van der Waals surface area contributed by atoms with Crippen LogP contribution in [0.3, 0.4) is 0 Å². The zero-order valence-electron chi connectivity index (χ0n) is 11.7. The third-order valence-electron chi connectivity index (χ3n) is 3.65. The predicted octanol–water partition coefficient (Wildman–Crippen LogP) is 2.95. The minimum Gasteiger partial charge on any atom is -0.469 e. The zero-order valence-corrected chi connectivity index (χ0v) is 12.4. The Labute approximate surface area is 132 Å². The van der Waals surface area contributed by atoms with Gasteiger partial charge in [0.15, 0.2) is 5.15 Å². The molecule has 110 valence electrons. The molecule has 0 bridgehead atoms. The Bertz CT molecular complexity index is 803. The molecule has 5 nitrogen and oxygen atoms in total. The first kappa shape index (κ1) is 13.3. The molecule has 0 amide bonds. The average Bonchev–Trinajstić information content (AvgIpc) is 2.52. The summed E-state index contributed by atoms with van der Waals surface area (Å²) in [6.07, 6.45) is 0.101. The molecule has 0 unspecified atom stereocenters. The smallest absolute Gasteiger partial charge is 0.233 e. The van der Waals surface area contributed by atoms with E-state index >= 15 is 0 Å². The van der Waals surface area contributed by atoms with E-state index in [1.54, 1.807) is 12.1 Å². The normalized spacial score (nSPS) is 14.9. The highest BCUT2D eigenvalue weighted by Gasteiger charge is 2.30. The van der Waals surface area contributed by atoms with Gasteiger partial charge < -0.3 is 9.64 Å². The van der Waals surface area contributed by atoms with Crippen LogP contribution < -0.4 is 9.64 Å². The Morgan fingerprint density at radius 3 is 2.68 bits per heavy atom. The van der Waals surface area contributed by atoms with Gasteiger partial charge in [-0.15, -0.1) is 10.2 Å². The third kappa shape index (κ3) is 2.55. The standard InChI is InChI=1S/C16H13ClN4O/c17-14-6-8-16(20-19-14)22-12-9-21(10-12)15-7-5-11-3-1-2-4-13(11)18-15/h1-8,12H,9-10H2. The Hall–Kier alpha value is -2.40. The Morgan fingerprint density at radius 1 is 1.00 bits per heavy atom. The van der Waals surface area contributed by atoms with E-state index in [-0.39, 0.29) is 6.10 Å². The van der Waals surface area contributed by atoms with Crippen LogP contribution in [-0.4, -0.2) is 34.4 Å². The molecule has 1 fully saturated rings. The summed E-state index contributed by atoms with van der Waals surface area (Å²) in [6, 6.07) is 15.6. The lowest BCUT2D eigenvalue weighted by Crippen LogP contribution is -2.54. The molecule has 3 heterocycles. The number of aromatic nitrogens is 3. The minimum absolute atomic E-state index is 0.101. The highest BCUT2D eigenvalue weighted by Crippen LogP contribution is 2.24. The van der Waals surface area contributed by atoms with E-state index < -0.39 is 0 Å². The van der Waals surface area contributed by atoms with Crippen molar-refractivity contribution in [1.82, 2.24) is 15.2 Å². The summed E-state index contributed by atoms with van der Waals surface area (Å²) >= 11 is 5.70. The molecule has 3 aromatic rings. The molecular weight excluding hydrogens is 300 g/mol. The number of ether oxygens (including phenoxy) is 1. The lowest BCUT2D eigenvalue weighted by molar-refractivity contribution is 0.158. The van der Waals surface area contributed by atoms with E-state index in [4.69, 9.17) is 16.3 Å². The van der Waals surface area contributed by atoms with Crippen molar-refractivity contribution in [1.29, 1.82) is 0 Å². The van der Waals surface area contributed by atoms with Crippen LogP contribution in [0.4, 0.5) is 5.82 Å². The number of rotatable bonds is 3. The van der Waals surface area contributed by atoms with E-state index in [9.17, 15) is 0 Å². The molecule has 1 aliphatic rings. The number of para-hydroxylation sites is 1. The van der Waals surface area contributed by atoms with Gasteiger partial charge in [-0.1, -0.05) is 29.8 Å². The first-order chi connectivity index (χ1) is 10.8. The molecule has 0 aliphatic carbocycles. The number of hydrogen-bond acceptors (Lipinski definition) is 5. The Balaban J connectivity index is 1.42. The van der Waals surface area contributed by atoms with Gasteiger partial charge in [-0.2, -0.15) is 0 Å². The monoisotopic (exact) mass is 312 g/mol. The molecule has 0 saturated carbocycles. The van der Waals surface area contributed by atoms with Gasteiger partial charge in [0.2, 0.25) is 5.88 Å². The van der Waals surface area contributed by atoms with Crippen LogP contribution in [-0.2, 0) is 0 Å². The van der Waals surface area contributed by atoms with Crippen molar-refractivity contribution in [3.63, 3.8) is 0 Å². The number of hydrogen-bond donors (Lipinski definition) is 0. The maximum Gasteiger partial charge on any atom is 0.233 e. The van der Waals surface area contributed by atoms with Crippen LogP contribution in [0, 0.1) is 0 Å². The Kier molecular flexibility index (Phi) is 3.27. The molecule has 22 heavy (non-hydrogen) atoms. The predicted molar refractivity (Wildman–Crippen MR) is 85.4 cm³/mol. The van der Waals surface area contributed by atoms with Crippen molar-refractivity contribution >= 4 is 28.3 Å². The fourth-order valence-corrected chi connectivity index (χ4v) is 2.57. The van der Waals surface area contributed by atoms with Crippen LogP contribution in [0.15, 0.2) is 48.5 Å². The summed E-state index contributed by atoms with van der Waals surface area (Å²) < 4.78 is 5.74. The van der Waals surface area contributed by atoms with Gasteiger partial charge in [0.05, 0.1) is 18.6 Å². The minimum atomic E-state index is 0.101. The molecule has 1 saturated heterocycles. The van der Waals surface area contributed by atoms with E-state index in [2.05, 4.69) is 32.2 Å². The quantitative estimate of drug-likeness (QED) is 0.744. The topological polar surface area (TPSA) is 51.1 Å². The number of anilines is 1. The Morgan fingerprint density at radius 2 is 1.86 bits per heavy atom. The lowest BCUT2D eigenvalue weighted by Gasteiger charge is -2.39. The molecule has 0 spiro atoms. The van der Waals surface area contributed by atoms with Crippen molar-refractivity contribution in [2.24, 2.45) is 0 Å². The van der Waals surface area contributed by atoms with E-state index in [0.29, 0.717) is 11.0 Å². The van der Waals surface area contributed by atoms with Crippen LogP contribution in [0.5, 0.6) is 5.88 Å². The maximum atomic E-state index is 5.74. The first-order valence-corrected chi connectivity index (χ1v) is 7.42. The molecule has 0 N–H and O–H groups in total. The molecule has 1 aromatic carbocycles. The summed E-state index contributed by atoms with van der Waals surface area (Å²) in [5.74, 6) is 1.47. The number of nitrogens with zero attached hydrogens (tertiary/aromatic N) is 4. The molecule has 1 aliphatic heterocycles. The van der Waals surface area contributed by atoms with Gasteiger partial charge in [0.1, 0.15) is 11.9 Å². The van der Waals surface area contributed by atoms with Gasteiger partial charge in [-0.3, -0.25) is 0 Å². The molecule has 0 atom stereocenters. The second-order valence-corrected chi connectivity index (χ2v) is 5.59. The molecule has 0 radical (unpaired) electrons. The highest BCUT2D eigenvalue weighted by molar-refractivity contribution is 6.29. The van der Waals surface area contributed by atoms with E-state index in [1.165, 1.54) is 0 Å².